The van der Waals surface area contributed by atoms with Gasteiger partial charge in [0.1, 0.15) is 11.3 Å². The van der Waals surface area contributed by atoms with Crippen molar-refractivity contribution in [2.75, 3.05) is 13.7 Å². The standard InChI is InChI=1S/C20H20N2O5/c1-12-7-8-17-15(22-12)10-18(27-17)19(23)21-11-14(20(24)25)9-13-5-3-4-6-16(13)26-2/h3-8,10,14H,9,11H2,1-2H3,(H,21,23)(H,24,25). The van der Waals surface area contributed by atoms with Crippen molar-refractivity contribution < 1.29 is 23.8 Å². The van der Waals surface area contributed by atoms with Crippen LogP contribution in [0, 0.1) is 12.8 Å². The van der Waals surface area contributed by atoms with Gasteiger partial charge in [0, 0.05) is 18.3 Å². The molecule has 1 aromatic carbocycles. The highest BCUT2D eigenvalue weighted by atomic mass is 16.5. The lowest BCUT2D eigenvalue weighted by atomic mass is 9.98. The molecule has 2 heterocycles. The lowest BCUT2D eigenvalue weighted by Crippen LogP contribution is -2.34. The number of para-hydroxylation sites is 1. The number of hydrogen-bond donors (Lipinski definition) is 2. The first kappa shape index (κ1) is 18.4. The molecule has 3 aromatic rings. The van der Waals surface area contributed by atoms with Crippen molar-refractivity contribution in [1.29, 1.82) is 0 Å². The van der Waals surface area contributed by atoms with E-state index in [0.717, 1.165) is 11.3 Å². The van der Waals surface area contributed by atoms with E-state index in [4.69, 9.17) is 9.15 Å². The number of rotatable bonds is 7. The van der Waals surface area contributed by atoms with Crippen LogP contribution in [0.1, 0.15) is 21.8 Å². The Hall–Kier alpha value is -3.35. The molecule has 0 bridgehead atoms. The first-order chi connectivity index (χ1) is 13.0. The molecule has 0 saturated carbocycles. The SMILES string of the molecule is COc1ccccc1CC(CNC(=O)c1cc2nc(C)ccc2o1)C(=O)O. The molecular formula is C20H20N2O5. The third-order valence-corrected chi connectivity index (χ3v) is 4.25. The Labute approximate surface area is 156 Å². The minimum atomic E-state index is -0.997. The summed E-state index contributed by atoms with van der Waals surface area (Å²) in [7, 11) is 1.54. The molecule has 0 saturated heterocycles. The largest absolute Gasteiger partial charge is 0.496 e. The van der Waals surface area contributed by atoms with E-state index in [1.807, 2.05) is 25.1 Å². The number of aliphatic carboxylic acids is 1. The molecule has 0 radical (unpaired) electrons. The Morgan fingerprint density at radius 2 is 2.04 bits per heavy atom. The number of carbonyl (C=O) groups is 2. The second-order valence-electron chi connectivity index (χ2n) is 6.21. The van der Waals surface area contributed by atoms with Crippen LogP contribution in [0.5, 0.6) is 5.75 Å². The molecular weight excluding hydrogens is 348 g/mol. The molecule has 0 aliphatic carbocycles. The summed E-state index contributed by atoms with van der Waals surface area (Å²) in [5.74, 6) is -1.55. The lowest BCUT2D eigenvalue weighted by Gasteiger charge is -2.15. The number of fused-ring (bicyclic) bond motifs is 1. The molecule has 140 valence electrons. The van der Waals surface area contributed by atoms with Crippen molar-refractivity contribution in [2.24, 2.45) is 5.92 Å². The van der Waals surface area contributed by atoms with Gasteiger partial charge in [-0.3, -0.25) is 9.59 Å². The quantitative estimate of drug-likeness (QED) is 0.665. The number of carbonyl (C=O) groups excluding carboxylic acids is 1. The number of pyridine rings is 1. The summed E-state index contributed by atoms with van der Waals surface area (Å²) in [5, 5.41) is 12.1. The highest BCUT2D eigenvalue weighted by molar-refractivity contribution is 5.95. The van der Waals surface area contributed by atoms with Crippen molar-refractivity contribution in [2.45, 2.75) is 13.3 Å². The van der Waals surface area contributed by atoms with Crippen LogP contribution in [0.25, 0.3) is 11.1 Å². The Bertz CT molecular complexity index is 979. The predicted octanol–water partition coefficient (Wildman–Crippen LogP) is 2.82. The molecule has 1 atom stereocenters. The average Bonchev–Trinajstić information content (AvgIpc) is 3.08. The number of benzene rings is 1. The summed E-state index contributed by atoms with van der Waals surface area (Å²) < 4.78 is 10.8. The minimum Gasteiger partial charge on any atom is -0.496 e. The molecule has 0 aliphatic heterocycles. The Kier molecular flexibility index (Phi) is 5.40. The van der Waals surface area contributed by atoms with Crippen molar-refractivity contribution in [3.8, 4) is 5.75 Å². The van der Waals surface area contributed by atoms with E-state index in [2.05, 4.69) is 10.3 Å². The second-order valence-corrected chi connectivity index (χ2v) is 6.21. The first-order valence-corrected chi connectivity index (χ1v) is 8.48. The maximum atomic E-state index is 12.4. The van der Waals surface area contributed by atoms with Gasteiger partial charge in [-0.15, -0.1) is 0 Å². The molecule has 2 aromatic heterocycles. The van der Waals surface area contributed by atoms with Gasteiger partial charge in [-0.2, -0.15) is 0 Å². The average molecular weight is 368 g/mol. The van der Waals surface area contributed by atoms with E-state index in [-0.39, 0.29) is 18.7 Å². The third-order valence-electron chi connectivity index (χ3n) is 4.25. The predicted molar refractivity (Wildman–Crippen MR) is 98.9 cm³/mol. The van der Waals surface area contributed by atoms with Crippen LogP contribution < -0.4 is 10.1 Å². The lowest BCUT2D eigenvalue weighted by molar-refractivity contribution is -0.141. The van der Waals surface area contributed by atoms with Crippen molar-refractivity contribution >= 4 is 23.0 Å². The molecule has 0 fully saturated rings. The second kappa shape index (κ2) is 7.90. The van der Waals surface area contributed by atoms with Gasteiger partial charge >= 0.3 is 5.97 Å². The zero-order valence-electron chi connectivity index (χ0n) is 15.1. The number of ether oxygens (including phenoxy) is 1. The van der Waals surface area contributed by atoms with E-state index >= 15 is 0 Å². The fourth-order valence-electron chi connectivity index (χ4n) is 2.82. The van der Waals surface area contributed by atoms with Gasteiger partial charge in [0.25, 0.3) is 5.91 Å². The summed E-state index contributed by atoms with van der Waals surface area (Å²) in [6, 6.07) is 12.3. The number of carboxylic acids is 1. The van der Waals surface area contributed by atoms with Crippen LogP contribution in [0.4, 0.5) is 0 Å². The molecule has 7 nitrogen and oxygen atoms in total. The molecule has 7 heteroatoms. The molecule has 1 unspecified atom stereocenters. The molecule has 27 heavy (non-hydrogen) atoms. The van der Waals surface area contributed by atoms with Crippen LogP contribution in [0.2, 0.25) is 0 Å². The van der Waals surface area contributed by atoms with E-state index in [1.54, 1.807) is 24.3 Å². The number of furan rings is 1. The maximum absolute atomic E-state index is 12.4. The molecule has 0 aliphatic rings. The number of carboxylic acid groups (broad SMARTS) is 1. The summed E-state index contributed by atoms with van der Waals surface area (Å²) >= 11 is 0. The monoisotopic (exact) mass is 368 g/mol. The number of amides is 1. The highest BCUT2D eigenvalue weighted by Crippen LogP contribution is 2.21. The zero-order valence-corrected chi connectivity index (χ0v) is 15.1. The van der Waals surface area contributed by atoms with Gasteiger partial charge in [-0.1, -0.05) is 18.2 Å². The van der Waals surface area contributed by atoms with Crippen LogP contribution >= 0.6 is 0 Å². The highest BCUT2D eigenvalue weighted by Gasteiger charge is 2.22. The van der Waals surface area contributed by atoms with Crippen LogP contribution in [0.3, 0.4) is 0 Å². The molecule has 1 amide bonds. The zero-order chi connectivity index (χ0) is 19.4. The number of aryl methyl sites for hydroxylation is 1. The van der Waals surface area contributed by atoms with Crippen molar-refractivity contribution in [3.63, 3.8) is 0 Å². The van der Waals surface area contributed by atoms with Crippen molar-refractivity contribution in [1.82, 2.24) is 10.3 Å². The summed E-state index contributed by atoms with van der Waals surface area (Å²) in [6.45, 7) is 1.82. The smallest absolute Gasteiger partial charge is 0.308 e. The van der Waals surface area contributed by atoms with Crippen molar-refractivity contribution in [3.05, 3.63) is 59.5 Å². The Morgan fingerprint density at radius 1 is 1.26 bits per heavy atom. The maximum Gasteiger partial charge on any atom is 0.308 e. The number of methoxy groups -OCH3 is 1. The molecule has 2 N–H and O–H groups in total. The number of aromatic nitrogens is 1. The Morgan fingerprint density at radius 3 is 2.78 bits per heavy atom. The number of nitrogens with zero attached hydrogens (tertiary/aromatic N) is 1. The van der Waals surface area contributed by atoms with Gasteiger partial charge in [0.15, 0.2) is 11.3 Å². The first-order valence-electron chi connectivity index (χ1n) is 8.48. The van der Waals surface area contributed by atoms with Gasteiger partial charge in [-0.05, 0) is 37.1 Å². The third kappa shape index (κ3) is 4.25. The van der Waals surface area contributed by atoms with Gasteiger partial charge in [0.2, 0.25) is 0 Å². The van der Waals surface area contributed by atoms with E-state index in [0.29, 0.717) is 16.8 Å². The Balaban J connectivity index is 1.69. The topological polar surface area (TPSA) is 102 Å². The fourth-order valence-corrected chi connectivity index (χ4v) is 2.82. The number of hydrogen-bond acceptors (Lipinski definition) is 5. The molecule has 3 rings (SSSR count). The van der Waals surface area contributed by atoms with E-state index < -0.39 is 17.8 Å². The molecule has 0 spiro atoms. The van der Waals surface area contributed by atoms with E-state index in [1.165, 1.54) is 7.11 Å². The van der Waals surface area contributed by atoms with E-state index in [9.17, 15) is 14.7 Å². The van der Waals surface area contributed by atoms with Crippen LogP contribution in [-0.4, -0.2) is 35.6 Å². The summed E-state index contributed by atoms with van der Waals surface area (Å²) in [4.78, 5) is 28.3. The van der Waals surface area contributed by atoms with Gasteiger partial charge in [-0.25, -0.2) is 4.98 Å². The minimum absolute atomic E-state index is 0.0320. The number of nitrogens with one attached hydrogen (secondary N) is 1. The van der Waals surface area contributed by atoms with Crippen LogP contribution in [0.15, 0.2) is 46.9 Å². The normalized spacial score (nSPS) is 11.9. The summed E-state index contributed by atoms with van der Waals surface area (Å²) in [6.07, 6.45) is 0.237. The van der Waals surface area contributed by atoms with Gasteiger partial charge in [0.05, 0.1) is 13.0 Å². The van der Waals surface area contributed by atoms with Crippen LogP contribution in [-0.2, 0) is 11.2 Å². The summed E-state index contributed by atoms with van der Waals surface area (Å²) in [5.41, 5.74) is 2.68. The fraction of sp³-hybridized carbons (Fsp3) is 0.250. The van der Waals surface area contributed by atoms with Gasteiger partial charge < -0.3 is 19.6 Å².